The number of anilines is 2. The number of nitrogens with two attached hydrogens (primary N) is 1. The van der Waals surface area contributed by atoms with E-state index in [4.69, 9.17) is 44.3 Å². The van der Waals surface area contributed by atoms with E-state index in [9.17, 15) is 0 Å². The molecular weight excluding hydrogens is 493 g/mol. The van der Waals surface area contributed by atoms with Gasteiger partial charge in [-0.3, -0.25) is 10.4 Å². The second-order valence-corrected chi connectivity index (χ2v) is 9.00. The second kappa shape index (κ2) is 10.3. The summed E-state index contributed by atoms with van der Waals surface area (Å²) in [7, 11) is 0. The highest BCUT2D eigenvalue weighted by Crippen LogP contribution is 2.31. The Morgan fingerprint density at radius 2 is 1.64 bits per heavy atom. The summed E-state index contributed by atoms with van der Waals surface area (Å²) in [6, 6.07) is 27.3. The van der Waals surface area contributed by atoms with E-state index in [-0.39, 0.29) is 5.96 Å². The van der Waals surface area contributed by atoms with Gasteiger partial charge in [0.25, 0.3) is 0 Å². The van der Waals surface area contributed by atoms with Gasteiger partial charge in [0.2, 0.25) is 0 Å². The van der Waals surface area contributed by atoms with Crippen LogP contribution in [0.2, 0.25) is 10.0 Å². The lowest BCUT2D eigenvalue weighted by atomic mass is 10.1. The van der Waals surface area contributed by atoms with Crippen LogP contribution >= 0.6 is 23.2 Å². The molecule has 1 aliphatic carbocycles. The molecule has 0 saturated heterocycles. The van der Waals surface area contributed by atoms with Crippen LogP contribution < -0.4 is 21.7 Å². The number of hydrogen-bond acceptors (Lipinski definition) is 4. The molecule has 3 aromatic carbocycles. The van der Waals surface area contributed by atoms with Gasteiger partial charge in [-0.2, -0.15) is 0 Å². The molecule has 5 N–H and O–H groups in total. The van der Waals surface area contributed by atoms with Crippen molar-refractivity contribution in [1.82, 2.24) is 14.9 Å². The fraction of sp³-hybridized carbons (Fsp3) is 0.0741. The molecule has 7 nitrogen and oxygen atoms in total. The van der Waals surface area contributed by atoms with E-state index in [1.54, 1.807) is 0 Å². The van der Waals surface area contributed by atoms with Crippen LogP contribution in [0.4, 0.5) is 11.4 Å². The topological polar surface area (TPSA) is 104 Å². The van der Waals surface area contributed by atoms with Crippen molar-refractivity contribution < 1.29 is 0 Å². The predicted molar refractivity (Wildman–Crippen MR) is 148 cm³/mol. The molecule has 0 aromatic heterocycles. The number of para-hydroxylation sites is 2. The predicted octanol–water partition coefficient (Wildman–Crippen LogP) is 5.56. The van der Waals surface area contributed by atoms with Crippen LogP contribution in [0.15, 0.2) is 89.9 Å². The highest BCUT2D eigenvalue weighted by molar-refractivity contribution is 6.30. The molecule has 3 aromatic rings. The molecule has 2 aliphatic rings. The van der Waals surface area contributed by atoms with Crippen molar-refractivity contribution in [1.29, 1.82) is 5.41 Å². The van der Waals surface area contributed by atoms with Crippen molar-refractivity contribution in [2.75, 3.05) is 18.4 Å². The summed E-state index contributed by atoms with van der Waals surface area (Å²) in [5.41, 5.74) is 11.6. The van der Waals surface area contributed by atoms with E-state index in [1.165, 1.54) is 0 Å². The highest BCUT2D eigenvalue weighted by atomic mass is 35.5. The zero-order chi connectivity index (χ0) is 25.1. The number of nitrogens with one attached hydrogen (secondary N) is 3. The van der Waals surface area contributed by atoms with Gasteiger partial charge in [0.1, 0.15) is 0 Å². The van der Waals surface area contributed by atoms with Crippen LogP contribution in [0.5, 0.6) is 0 Å². The highest BCUT2D eigenvalue weighted by Gasteiger charge is 2.16. The summed E-state index contributed by atoms with van der Waals surface area (Å²) in [6.45, 7) is 0.878. The minimum atomic E-state index is -0.0838. The molecule has 1 aliphatic heterocycles. The smallest absolute Gasteiger partial charge is 0.185 e. The van der Waals surface area contributed by atoms with Crippen LogP contribution in [-0.4, -0.2) is 28.6 Å². The van der Waals surface area contributed by atoms with E-state index in [0.717, 1.165) is 44.8 Å². The van der Waals surface area contributed by atoms with Gasteiger partial charge >= 0.3 is 0 Å². The molecule has 9 heteroatoms. The number of hydrogen-bond donors (Lipinski definition) is 4. The Balaban J connectivity index is 1.73. The van der Waals surface area contributed by atoms with Gasteiger partial charge in [-0.25, -0.2) is 4.98 Å². The molecule has 180 valence electrons. The summed E-state index contributed by atoms with van der Waals surface area (Å²) in [5, 5.41) is 15.7. The summed E-state index contributed by atoms with van der Waals surface area (Å²) in [5.74, 6) is -0.0838. The number of fused-ring (bicyclic) bond motifs is 2. The fourth-order valence-electron chi connectivity index (χ4n) is 4.00. The minimum Gasteiger partial charge on any atom is -0.370 e. The zero-order valence-electron chi connectivity index (χ0n) is 19.2. The molecule has 1 heterocycles. The molecule has 5 rings (SSSR count). The molecule has 0 atom stereocenters. The molecule has 0 radical (unpaired) electrons. The average molecular weight is 516 g/mol. The Kier molecular flexibility index (Phi) is 6.75. The van der Waals surface area contributed by atoms with Crippen LogP contribution in [0.1, 0.15) is 0 Å². The Labute approximate surface area is 218 Å². The lowest BCUT2D eigenvalue weighted by molar-refractivity contribution is 0.848. The summed E-state index contributed by atoms with van der Waals surface area (Å²) in [4.78, 5) is 9.76. The Morgan fingerprint density at radius 1 is 0.944 bits per heavy atom. The lowest BCUT2D eigenvalue weighted by Crippen LogP contribution is -2.32. The van der Waals surface area contributed by atoms with Crippen molar-refractivity contribution >= 4 is 51.6 Å². The van der Waals surface area contributed by atoms with Gasteiger partial charge in [-0.15, -0.1) is 0 Å². The van der Waals surface area contributed by atoms with Crippen LogP contribution in [-0.2, 0) is 0 Å². The maximum absolute atomic E-state index is 7.39. The van der Waals surface area contributed by atoms with Gasteiger partial charge in [0, 0.05) is 28.0 Å². The quantitative estimate of drug-likeness (QED) is 0.103. The average Bonchev–Trinajstić information content (AvgIpc) is 2.87. The van der Waals surface area contributed by atoms with Gasteiger partial charge in [-0.1, -0.05) is 35.3 Å². The first-order valence-corrected chi connectivity index (χ1v) is 12.1. The Morgan fingerprint density at radius 3 is 2.36 bits per heavy atom. The molecule has 36 heavy (non-hydrogen) atoms. The lowest BCUT2D eigenvalue weighted by Gasteiger charge is -2.20. The first kappa shape index (κ1) is 23.7. The van der Waals surface area contributed by atoms with Gasteiger partial charge in [0.05, 0.1) is 40.0 Å². The monoisotopic (exact) mass is 515 g/mol. The summed E-state index contributed by atoms with van der Waals surface area (Å²) >= 11 is 12.3. The Hall–Kier alpha value is -4.07. The first-order valence-electron chi connectivity index (χ1n) is 11.3. The van der Waals surface area contributed by atoms with E-state index >= 15 is 0 Å². The number of nitrogens with zero attached hydrogens (tertiary/aromatic N) is 3. The van der Waals surface area contributed by atoms with Crippen molar-refractivity contribution in [2.24, 2.45) is 10.7 Å². The maximum Gasteiger partial charge on any atom is 0.185 e. The van der Waals surface area contributed by atoms with E-state index in [2.05, 4.69) is 15.2 Å². The minimum absolute atomic E-state index is 0.0838. The van der Waals surface area contributed by atoms with E-state index in [1.807, 2.05) is 84.9 Å². The van der Waals surface area contributed by atoms with Crippen molar-refractivity contribution in [3.63, 3.8) is 0 Å². The summed E-state index contributed by atoms with van der Waals surface area (Å²) < 4.78 is 2.16. The number of guanidine groups is 1. The van der Waals surface area contributed by atoms with E-state index in [0.29, 0.717) is 23.1 Å². The van der Waals surface area contributed by atoms with E-state index < -0.39 is 0 Å². The molecule has 0 unspecified atom stereocenters. The molecule has 0 saturated carbocycles. The van der Waals surface area contributed by atoms with Crippen LogP contribution in [0.25, 0.3) is 28.1 Å². The molecule has 0 amide bonds. The number of rotatable bonds is 6. The molecule has 0 spiro atoms. The van der Waals surface area contributed by atoms with Gasteiger partial charge in [-0.05, 0) is 72.8 Å². The number of halogens is 2. The van der Waals surface area contributed by atoms with Crippen LogP contribution in [0.3, 0.4) is 0 Å². The first-order chi connectivity index (χ1) is 17.5. The standard InChI is InChI=1S/C27H23Cl2N7/c28-17-5-9-19(10-6-17)34-23-15-24-26(16-22(23)32-13-14-33-27(30)31)36(20-11-7-18(29)8-12-20)25-4-2-1-3-21(25)35-24/h1-12,15-16,34H,13-14H2,(H4,30,31,33). The number of benzene rings is 4. The van der Waals surface area contributed by atoms with Crippen LogP contribution in [0, 0.1) is 5.41 Å². The molecule has 0 fully saturated rings. The molecular formula is C27H23Cl2N7. The summed E-state index contributed by atoms with van der Waals surface area (Å²) in [6.07, 6.45) is 0. The normalized spacial score (nSPS) is 11.7. The molecule has 0 bridgehead atoms. The van der Waals surface area contributed by atoms with Crippen molar-refractivity contribution in [3.8, 4) is 17.1 Å². The largest absolute Gasteiger partial charge is 0.370 e. The van der Waals surface area contributed by atoms with Crippen molar-refractivity contribution in [3.05, 3.63) is 100 Å². The third kappa shape index (κ3) is 5.12. The third-order valence-corrected chi connectivity index (χ3v) is 6.12. The second-order valence-electron chi connectivity index (χ2n) is 8.12. The number of aromatic nitrogens is 2. The Bertz CT molecular complexity index is 1580. The maximum atomic E-state index is 7.39. The fourth-order valence-corrected chi connectivity index (χ4v) is 4.25. The van der Waals surface area contributed by atoms with Gasteiger partial charge in [0.15, 0.2) is 5.96 Å². The SMILES string of the molecule is N=C(N)NCCN=c1cc2n(-c3ccc(Cl)cc3)c3ccccc3nc-2cc1Nc1ccc(Cl)cc1. The zero-order valence-corrected chi connectivity index (χ0v) is 20.7. The third-order valence-electron chi connectivity index (χ3n) is 5.61. The van der Waals surface area contributed by atoms with Crippen molar-refractivity contribution in [2.45, 2.75) is 0 Å². The van der Waals surface area contributed by atoms with Gasteiger partial charge < -0.3 is 20.9 Å².